The zero-order valence-electron chi connectivity index (χ0n) is 14.0. The lowest BCUT2D eigenvalue weighted by Gasteiger charge is -2.22. The van der Waals surface area contributed by atoms with Crippen LogP contribution in [0.4, 0.5) is 0 Å². The van der Waals surface area contributed by atoms with Crippen molar-refractivity contribution in [1.82, 2.24) is 4.90 Å². The molecule has 5 heteroatoms. The third kappa shape index (κ3) is 6.50. The Morgan fingerprint density at radius 2 is 2.04 bits per heavy atom. The predicted molar refractivity (Wildman–Crippen MR) is 95.8 cm³/mol. The van der Waals surface area contributed by atoms with Crippen molar-refractivity contribution >= 4 is 18.3 Å². The number of nitrogens with two attached hydrogens (primary N) is 1. The number of halogens is 1. The molecule has 1 aromatic carbocycles. The summed E-state index contributed by atoms with van der Waals surface area (Å²) in [7, 11) is 0. The van der Waals surface area contributed by atoms with Gasteiger partial charge in [0.2, 0.25) is 5.91 Å². The Morgan fingerprint density at radius 1 is 1.30 bits per heavy atom. The number of carbonyl (C=O) groups excluding carboxylic acids is 1. The molecule has 4 nitrogen and oxygen atoms in total. The molecule has 0 spiro atoms. The quantitative estimate of drug-likeness (QED) is 0.740. The number of carbonyl (C=O) groups is 1. The van der Waals surface area contributed by atoms with Crippen molar-refractivity contribution < 1.29 is 9.53 Å². The maximum Gasteiger partial charge on any atom is 0.222 e. The first-order valence-corrected chi connectivity index (χ1v) is 8.22. The molecule has 1 fully saturated rings. The Kier molecular flexibility index (Phi) is 8.59. The van der Waals surface area contributed by atoms with E-state index in [-0.39, 0.29) is 23.7 Å². The van der Waals surface area contributed by atoms with Crippen LogP contribution in [-0.4, -0.2) is 43.7 Å². The molecule has 0 bridgehead atoms. The van der Waals surface area contributed by atoms with Gasteiger partial charge in [-0.2, -0.15) is 0 Å². The average molecular weight is 341 g/mol. The lowest BCUT2D eigenvalue weighted by Crippen LogP contribution is -2.34. The monoisotopic (exact) mass is 340 g/mol. The third-order valence-electron chi connectivity index (χ3n) is 4.46. The summed E-state index contributed by atoms with van der Waals surface area (Å²) in [6, 6.07) is 10.3. The summed E-state index contributed by atoms with van der Waals surface area (Å²) in [5, 5.41) is 0. The first-order valence-electron chi connectivity index (χ1n) is 8.22. The number of hydrogen-bond donors (Lipinski definition) is 1. The van der Waals surface area contributed by atoms with E-state index in [0.717, 1.165) is 32.4 Å². The van der Waals surface area contributed by atoms with Crippen molar-refractivity contribution in [2.75, 3.05) is 32.8 Å². The SMILES string of the molecule is CC1(CN)CCN(C(=O)CCCOCCc2ccccc2)C1.Cl. The van der Waals surface area contributed by atoms with Crippen molar-refractivity contribution in [3.63, 3.8) is 0 Å². The Labute approximate surface area is 145 Å². The first-order chi connectivity index (χ1) is 10.6. The zero-order valence-corrected chi connectivity index (χ0v) is 14.8. The molecule has 1 aromatic rings. The van der Waals surface area contributed by atoms with Crippen LogP contribution in [0.3, 0.4) is 0 Å². The number of likely N-dealkylation sites (tertiary alicyclic amines) is 1. The van der Waals surface area contributed by atoms with E-state index in [4.69, 9.17) is 10.5 Å². The van der Waals surface area contributed by atoms with Gasteiger partial charge in [0.15, 0.2) is 0 Å². The predicted octanol–water partition coefficient (Wildman–Crippen LogP) is 2.65. The minimum Gasteiger partial charge on any atom is -0.381 e. The van der Waals surface area contributed by atoms with E-state index in [1.165, 1.54) is 5.56 Å². The van der Waals surface area contributed by atoms with Crippen LogP contribution < -0.4 is 5.73 Å². The van der Waals surface area contributed by atoms with Crippen LogP contribution >= 0.6 is 12.4 Å². The van der Waals surface area contributed by atoms with Gasteiger partial charge in [-0.25, -0.2) is 0 Å². The molecule has 130 valence electrons. The standard InChI is InChI=1S/C18H28N2O2.ClH/c1-18(14-19)10-11-20(15-18)17(21)8-5-12-22-13-9-16-6-3-2-4-7-16;/h2-4,6-7H,5,8-15,19H2,1H3;1H. The van der Waals surface area contributed by atoms with Crippen molar-refractivity contribution in [3.05, 3.63) is 35.9 Å². The normalized spacial score (nSPS) is 20.3. The molecule has 0 aromatic heterocycles. The topological polar surface area (TPSA) is 55.6 Å². The van der Waals surface area contributed by atoms with Crippen molar-refractivity contribution in [1.29, 1.82) is 0 Å². The van der Waals surface area contributed by atoms with E-state index < -0.39 is 0 Å². The molecule has 0 aliphatic carbocycles. The number of hydrogen-bond acceptors (Lipinski definition) is 3. The molecular weight excluding hydrogens is 312 g/mol. The molecule has 2 rings (SSSR count). The van der Waals surface area contributed by atoms with Gasteiger partial charge >= 0.3 is 0 Å². The van der Waals surface area contributed by atoms with E-state index in [2.05, 4.69) is 19.1 Å². The molecule has 1 heterocycles. The Morgan fingerprint density at radius 3 is 2.70 bits per heavy atom. The van der Waals surface area contributed by atoms with Gasteiger partial charge in [0, 0.05) is 26.1 Å². The fraction of sp³-hybridized carbons (Fsp3) is 0.611. The van der Waals surface area contributed by atoms with Crippen LogP contribution in [0.5, 0.6) is 0 Å². The second kappa shape index (κ2) is 9.91. The minimum atomic E-state index is 0. The maximum absolute atomic E-state index is 12.1. The Bertz CT molecular complexity index is 469. The molecule has 1 amide bonds. The second-order valence-electron chi connectivity index (χ2n) is 6.53. The third-order valence-corrected chi connectivity index (χ3v) is 4.46. The Hall–Kier alpha value is -1.10. The van der Waals surface area contributed by atoms with Crippen LogP contribution in [0.25, 0.3) is 0 Å². The summed E-state index contributed by atoms with van der Waals surface area (Å²) in [5.74, 6) is 0.240. The van der Waals surface area contributed by atoms with Gasteiger partial charge in [-0.1, -0.05) is 37.3 Å². The van der Waals surface area contributed by atoms with Gasteiger partial charge in [-0.3, -0.25) is 4.79 Å². The summed E-state index contributed by atoms with van der Waals surface area (Å²) in [4.78, 5) is 14.1. The molecule has 1 unspecified atom stereocenters. The summed E-state index contributed by atoms with van der Waals surface area (Å²) < 4.78 is 5.62. The minimum absolute atomic E-state index is 0. The van der Waals surface area contributed by atoms with Crippen LogP contribution in [-0.2, 0) is 16.0 Å². The van der Waals surface area contributed by atoms with Gasteiger partial charge < -0.3 is 15.4 Å². The highest BCUT2D eigenvalue weighted by Crippen LogP contribution is 2.28. The molecular formula is C18H29ClN2O2. The summed E-state index contributed by atoms with van der Waals surface area (Å²) in [6.07, 6.45) is 3.31. The lowest BCUT2D eigenvalue weighted by atomic mass is 9.90. The van der Waals surface area contributed by atoms with E-state index in [1.54, 1.807) is 0 Å². The summed E-state index contributed by atoms with van der Waals surface area (Å²) >= 11 is 0. The lowest BCUT2D eigenvalue weighted by molar-refractivity contribution is -0.130. The molecule has 1 aliphatic heterocycles. The number of nitrogens with zero attached hydrogens (tertiary/aromatic N) is 1. The fourth-order valence-electron chi connectivity index (χ4n) is 2.82. The summed E-state index contributed by atoms with van der Waals surface area (Å²) in [6.45, 7) is 5.83. The van der Waals surface area contributed by atoms with E-state index in [0.29, 0.717) is 26.2 Å². The van der Waals surface area contributed by atoms with E-state index in [9.17, 15) is 4.79 Å². The van der Waals surface area contributed by atoms with Gasteiger partial charge in [0.1, 0.15) is 0 Å². The highest BCUT2D eigenvalue weighted by molar-refractivity contribution is 5.85. The molecule has 1 aliphatic rings. The van der Waals surface area contributed by atoms with Crippen molar-refractivity contribution in [3.8, 4) is 0 Å². The van der Waals surface area contributed by atoms with Gasteiger partial charge in [-0.15, -0.1) is 12.4 Å². The fourth-order valence-corrected chi connectivity index (χ4v) is 2.82. The number of amides is 1. The van der Waals surface area contributed by atoms with Gasteiger partial charge in [-0.05, 0) is 36.8 Å². The summed E-state index contributed by atoms with van der Waals surface area (Å²) in [5.41, 5.74) is 7.18. The van der Waals surface area contributed by atoms with Gasteiger partial charge in [0.05, 0.1) is 6.61 Å². The molecule has 0 saturated carbocycles. The number of benzene rings is 1. The van der Waals surface area contributed by atoms with Crippen LogP contribution in [0.2, 0.25) is 0 Å². The number of rotatable bonds is 8. The molecule has 1 atom stereocenters. The first kappa shape index (κ1) is 19.9. The smallest absolute Gasteiger partial charge is 0.222 e. The highest BCUT2D eigenvalue weighted by atomic mass is 35.5. The van der Waals surface area contributed by atoms with E-state index >= 15 is 0 Å². The number of ether oxygens (including phenoxy) is 1. The molecule has 23 heavy (non-hydrogen) atoms. The molecule has 0 radical (unpaired) electrons. The van der Waals surface area contributed by atoms with Crippen molar-refractivity contribution in [2.45, 2.75) is 32.6 Å². The van der Waals surface area contributed by atoms with Crippen LogP contribution in [0, 0.1) is 5.41 Å². The van der Waals surface area contributed by atoms with Crippen molar-refractivity contribution in [2.24, 2.45) is 11.1 Å². The maximum atomic E-state index is 12.1. The van der Waals surface area contributed by atoms with E-state index in [1.807, 2.05) is 23.1 Å². The van der Waals surface area contributed by atoms with Gasteiger partial charge in [0.25, 0.3) is 0 Å². The largest absolute Gasteiger partial charge is 0.381 e. The Balaban J connectivity index is 0.00000264. The highest BCUT2D eigenvalue weighted by Gasteiger charge is 2.34. The average Bonchev–Trinajstić information content (AvgIpc) is 2.95. The second-order valence-corrected chi connectivity index (χ2v) is 6.53. The van der Waals surface area contributed by atoms with Crippen LogP contribution in [0.1, 0.15) is 31.7 Å². The molecule has 1 saturated heterocycles. The zero-order chi connectivity index (χ0) is 15.8. The van der Waals surface area contributed by atoms with Crippen LogP contribution in [0.15, 0.2) is 30.3 Å². The molecule has 2 N–H and O–H groups in total.